The van der Waals surface area contributed by atoms with E-state index >= 15 is 0 Å². The topological polar surface area (TPSA) is 8.17 Å². The lowest BCUT2D eigenvalue weighted by Crippen LogP contribution is -2.13. The third-order valence-corrected chi connectivity index (χ3v) is 12.8. The summed E-state index contributed by atoms with van der Waals surface area (Å²) in [5.41, 5.74) is 16.1. The summed E-state index contributed by atoms with van der Waals surface area (Å²) in [7, 11) is 0. The van der Waals surface area contributed by atoms with Gasteiger partial charge in [-0.25, -0.2) is 0 Å². The molecule has 0 radical (unpaired) electrons. The predicted molar refractivity (Wildman–Crippen MR) is 272 cm³/mol. The van der Waals surface area contributed by atoms with E-state index in [0.29, 0.717) is 0 Å². The van der Waals surface area contributed by atoms with E-state index in [0.717, 1.165) is 50.5 Å². The van der Waals surface area contributed by atoms with Gasteiger partial charge in [-0.05, 0) is 97.4 Å². The van der Waals surface area contributed by atoms with Crippen molar-refractivity contribution in [3.05, 3.63) is 255 Å². The lowest BCUT2D eigenvalue weighted by Gasteiger charge is -2.31. The van der Waals surface area contributed by atoms with Gasteiger partial charge in [-0.1, -0.05) is 212 Å². The Morgan fingerprint density at radius 2 is 0.797 bits per heavy atom. The highest BCUT2D eigenvalue weighted by atomic mass is 15.2. The maximum Gasteiger partial charge on any atom is 0.0562 e. The molecule has 0 atom stereocenters. The smallest absolute Gasteiger partial charge is 0.0562 e. The second-order valence-electron chi connectivity index (χ2n) is 16.4. The fourth-order valence-corrected chi connectivity index (χ4v) is 9.97. The number of fused-ring (bicyclic) bond motifs is 5. The van der Waals surface area contributed by atoms with Gasteiger partial charge in [0.1, 0.15) is 0 Å². The van der Waals surface area contributed by atoms with E-state index in [1.165, 1.54) is 60.1 Å². The van der Waals surface area contributed by atoms with Crippen LogP contribution in [0.15, 0.2) is 255 Å². The van der Waals surface area contributed by atoms with Crippen molar-refractivity contribution in [2.24, 2.45) is 0 Å². The average molecular weight is 815 g/mol. The molecular formula is C62H42N2. The van der Waals surface area contributed by atoms with Crippen molar-refractivity contribution in [3.63, 3.8) is 0 Å². The monoisotopic (exact) mass is 814 g/mol. The van der Waals surface area contributed by atoms with Crippen LogP contribution in [0.2, 0.25) is 0 Å². The summed E-state index contributed by atoms with van der Waals surface area (Å²) in [6.45, 7) is 0. The molecule has 0 N–H and O–H groups in total. The zero-order valence-corrected chi connectivity index (χ0v) is 35.1. The van der Waals surface area contributed by atoms with E-state index in [4.69, 9.17) is 0 Å². The first-order valence-corrected chi connectivity index (χ1v) is 22.0. The number of hydrogen-bond donors (Lipinski definition) is 0. The molecule has 1 heterocycles. The molecule has 0 bridgehead atoms. The van der Waals surface area contributed by atoms with Crippen molar-refractivity contribution < 1.29 is 0 Å². The van der Waals surface area contributed by atoms with Crippen LogP contribution >= 0.6 is 0 Å². The Labute approximate surface area is 373 Å². The molecular weight excluding hydrogens is 773 g/mol. The van der Waals surface area contributed by atoms with E-state index in [1.54, 1.807) is 0 Å². The highest BCUT2D eigenvalue weighted by Gasteiger charge is 2.26. The molecule has 12 aromatic rings. The number of benzene rings is 11. The number of para-hydroxylation sites is 3. The largest absolute Gasteiger partial charge is 0.309 e. The summed E-state index contributed by atoms with van der Waals surface area (Å²) < 4.78 is 2.42. The third-order valence-electron chi connectivity index (χ3n) is 12.8. The SMILES string of the molecule is c1ccc(-c2ccc(-c3cccc4ccccc34)cc2N(c2ccccc2-c2cccc3cccc(-c4ccccc4)c23)c2cccc3c2c2ccccc2n3-c2ccccc2)cc1. The minimum Gasteiger partial charge on any atom is -0.309 e. The predicted octanol–water partition coefficient (Wildman–Crippen LogP) is 17.2. The molecule has 0 spiro atoms. The molecule has 12 rings (SSSR count). The minimum atomic E-state index is 1.09. The van der Waals surface area contributed by atoms with Crippen LogP contribution in [-0.4, -0.2) is 4.57 Å². The zero-order chi connectivity index (χ0) is 42.4. The number of rotatable bonds is 8. The van der Waals surface area contributed by atoms with E-state index in [1.807, 2.05) is 0 Å². The van der Waals surface area contributed by atoms with Gasteiger partial charge in [0.15, 0.2) is 0 Å². The van der Waals surface area contributed by atoms with Gasteiger partial charge in [0.2, 0.25) is 0 Å². The van der Waals surface area contributed by atoms with Crippen LogP contribution in [0.4, 0.5) is 17.1 Å². The molecule has 0 saturated heterocycles. The lowest BCUT2D eigenvalue weighted by atomic mass is 9.90. The van der Waals surface area contributed by atoms with Crippen molar-refractivity contribution in [2.75, 3.05) is 4.90 Å². The highest BCUT2D eigenvalue weighted by molar-refractivity contribution is 6.18. The Kier molecular flexibility index (Phi) is 9.20. The quantitative estimate of drug-likeness (QED) is 0.148. The van der Waals surface area contributed by atoms with E-state index in [-0.39, 0.29) is 0 Å². The third kappa shape index (κ3) is 6.27. The van der Waals surface area contributed by atoms with Crippen molar-refractivity contribution in [2.45, 2.75) is 0 Å². The summed E-state index contributed by atoms with van der Waals surface area (Å²) in [6, 6.07) is 93.0. The highest BCUT2D eigenvalue weighted by Crippen LogP contribution is 2.51. The van der Waals surface area contributed by atoms with Crippen LogP contribution in [0, 0.1) is 0 Å². The van der Waals surface area contributed by atoms with Gasteiger partial charge in [-0.15, -0.1) is 0 Å². The van der Waals surface area contributed by atoms with Gasteiger partial charge in [0.25, 0.3) is 0 Å². The van der Waals surface area contributed by atoms with Crippen LogP contribution in [0.5, 0.6) is 0 Å². The summed E-state index contributed by atoms with van der Waals surface area (Å²) in [6.07, 6.45) is 0. The number of anilines is 3. The standard InChI is InChI=1S/C62H42N2/c1-4-20-44(21-5-1)51-41-40-47(50-33-16-25-43-24-10-11-30-49(43)50)42-60(51)64(59-39-19-38-58-62(59)55-32-13-15-37-57(55)63(58)48-28-8-3-9-29-48)56-36-14-12-31-53(56)54-35-18-27-46-26-17-34-52(61(46)54)45-22-6-2-7-23-45/h1-42H. The van der Waals surface area contributed by atoms with Gasteiger partial charge in [-0.3, -0.25) is 0 Å². The van der Waals surface area contributed by atoms with E-state index in [9.17, 15) is 0 Å². The lowest BCUT2D eigenvalue weighted by molar-refractivity contribution is 1.18. The van der Waals surface area contributed by atoms with Gasteiger partial charge >= 0.3 is 0 Å². The summed E-state index contributed by atoms with van der Waals surface area (Å²) in [5.74, 6) is 0. The molecule has 64 heavy (non-hydrogen) atoms. The Balaban J connectivity index is 1.22. The molecule has 2 nitrogen and oxygen atoms in total. The van der Waals surface area contributed by atoms with Crippen molar-refractivity contribution in [1.82, 2.24) is 4.57 Å². The molecule has 0 amide bonds. The van der Waals surface area contributed by atoms with E-state index in [2.05, 4.69) is 264 Å². The Bertz CT molecular complexity index is 3650. The summed E-state index contributed by atoms with van der Waals surface area (Å²) in [4.78, 5) is 2.56. The van der Waals surface area contributed by atoms with Crippen LogP contribution in [0.3, 0.4) is 0 Å². The first-order valence-electron chi connectivity index (χ1n) is 22.0. The van der Waals surface area contributed by atoms with Crippen molar-refractivity contribution in [3.8, 4) is 50.2 Å². The Morgan fingerprint density at radius 3 is 1.58 bits per heavy atom. The normalized spacial score (nSPS) is 11.4. The van der Waals surface area contributed by atoms with Crippen LogP contribution in [0.25, 0.3) is 93.5 Å². The maximum atomic E-state index is 2.56. The molecule has 0 aliphatic heterocycles. The first-order chi connectivity index (χ1) is 31.8. The fourth-order valence-electron chi connectivity index (χ4n) is 9.97. The first kappa shape index (κ1) is 37.3. The summed E-state index contributed by atoms with van der Waals surface area (Å²) in [5, 5.41) is 7.27. The second-order valence-corrected chi connectivity index (χ2v) is 16.4. The zero-order valence-electron chi connectivity index (χ0n) is 35.1. The molecule has 11 aromatic carbocycles. The fraction of sp³-hybridized carbons (Fsp3) is 0. The molecule has 0 aliphatic carbocycles. The van der Waals surface area contributed by atoms with Crippen molar-refractivity contribution >= 4 is 60.4 Å². The van der Waals surface area contributed by atoms with Gasteiger partial charge < -0.3 is 9.47 Å². The molecule has 2 heteroatoms. The molecule has 0 unspecified atom stereocenters. The average Bonchev–Trinajstić information content (AvgIpc) is 3.72. The Morgan fingerprint density at radius 1 is 0.266 bits per heavy atom. The molecule has 0 fully saturated rings. The van der Waals surface area contributed by atoms with Crippen LogP contribution < -0.4 is 4.90 Å². The minimum absolute atomic E-state index is 1.09. The second kappa shape index (κ2) is 15.8. The molecule has 0 aliphatic rings. The maximum absolute atomic E-state index is 2.56. The van der Waals surface area contributed by atoms with Gasteiger partial charge in [-0.2, -0.15) is 0 Å². The number of hydrogen-bond acceptors (Lipinski definition) is 1. The number of aromatic nitrogens is 1. The van der Waals surface area contributed by atoms with Gasteiger partial charge in [0, 0.05) is 27.6 Å². The molecule has 1 aromatic heterocycles. The van der Waals surface area contributed by atoms with Crippen LogP contribution in [0.1, 0.15) is 0 Å². The van der Waals surface area contributed by atoms with Crippen molar-refractivity contribution in [1.29, 1.82) is 0 Å². The van der Waals surface area contributed by atoms with Crippen LogP contribution in [-0.2, 0) is 0 Å². The molecule has 300 valence electrons. The van der Waals surface area contributed by atoms with Gasteiger partial charge in [0.05, 0.1) is 28.1 Å². The number of nitrogens with zero attached hydrogens (tertiary/aromatic N) is 2. The summed E-state index contributed by atoms with van der Waals surface area (Å²) >= 11 is 0. The molecule has 0 saturated carbocycles. The Hall–Kier alpha value is -8.46. The van der Waals surface area contributed by atoms with E-state index < -0.39 is 0 Å².